The van der Waals surface area contributed by atoms with Gasteiger partial charge in [-0.1, -0.05) is 0 Å². The molecule has 5 heteroatoms. The molecular formula is C7H10O5. The molecule has 0 amide bonds. The Bertz CT molecular complexity index is 206. The number of rotatable bonds is 5. The molecule has 0 aliphatic carbocycles. The predicted octanol–water partition coefficient (Wildman–Crippen LogP) is 0.118. The van der Waals surface area contributed by atoms with Crippen LogP contribution in [0, 0.1) is 0 Å². The van der Waals surface area contributed by atoms with Crippen LogP contribution in [0.1, 0.15) is 6.42 Å². The molecule has 0 bridgehead atoms. The number of hydrogen-bond acceptors (Lipinski definition) is 3. The van der Waals surface area contributed by atoms with Crippen molar-refractivity contribution in [3.8, 4) is 0 Å². The first-order valence-electron chi connectivity index (χ1n) is 3.23. The molecule has 0 heterocycles. The fraction of sp³-hybridized carbons (Fsp3) is 0.429. The summed E-state index contributed by atoms with van der Waals surface area (Å²) in [4.78, 5) is 20.5. The summed E-state index contributed by atoms with van der Waals surface area (Å²) >= 11 is 0. The molecule has 0 rings (SSSR count). The normalized spacial score (nSPS) is 11.2. The minimum absolute atomic E-state index is 0.0954. The van der Waals surface area contributed by atoms with Gasteiger partial charge in [0.05, 0.1) is 6.61 Å². The van der Waals surface area contributed by atoms with Gasteiger partial charge in [0.15, 0.2) is 0 Å². The first-order valence-corrected chi connectivity index (χ1v) is 3.23. The molecule has 12 heavy (non-hydrogen) atoms. The smallest absolute Gasteiger partial charge is 0.331 e. The SMILES string of the molecule is COCC/C(=C/C(=O)O)C(=O)O. The van der Waals surface area contributed by atoms with Crippen LogP contribution in [0.4, 0.5) is 0 Å². The Balaban J connectivity index is 4.23. The second kappa shape index (κ2) is 5.31. The molecule has 0 saturated carbocycles. The van der Waals surface area contributed by atoms with Crippen molar-refractivity contribution in [3.05, 3.63) is 11.6 Å². The van der Waals surface area contributed by atoms with Gasteiger partial charge < -0.3 is 14.9 Å². The molecule has 0 spiro atoms. The average molecular weight is 174 g/mol. The third-order valence-corrected chi connectivity index (χ3v) is 1.15. The fourth-order valence-electron chi connectivity index (χ4n) is 0.602. The predicted molar refractivity (Wildman–Crippen MR) is 39.8 cm³/mol. The van der Waals surface area contributed by atoms with Gasteiger partial charge in [-0.15, -0.1) is 0 Å². The second-order valence-corrected chi connectivity index (χ2v) is 2.06. The zero-order valence-electron chi connectivity index (χ0n) is 6.61. The van der Waals surface area contributed by atoms with Gasteiger partial charge in [-0.25, -0.2) is 9.59 Å². The van der Waals surface area contributed by atoms with Crippen LogP contribution in [0.2, 0.25) is 0 Å². The summed E-state index contributed by atoms with van der Waals surface area (Å²) in [5, 5.41) is 16.7. The molecule has 0 fully saturated rings. The lowest BCUT2D eigenvalue weighted by atomic mass is 10.2. The van der Waals surface area contributed by atoms with Gasteiger partial charge in [-0.05, 0) is 0 Å². The summed E-state index contributed by atoms with van der Waals surface area (Å²) < 4.78 is 4.61. The highest BCUT2D eigenvalue weighted by Crippen LogP contribution is 2.01. The fourth-order valence-corrected chi connectivity index (χ4v) is 0.602. The van der Waals surface area contributed by atoms with Crippen molar-refractivity contribution >= 4 is 11.9 Å². The van der Waals surface area contributed by atoms with Crippen molar-refractivity contribution in [2.45, 2.75) is 6.42 Å². The largest absolute Gasteiger partial charge is 0.478 e. The second-order valence-electron chi connectivity index (χ2n) is 2.06. The third kappa shape index (κ3) is 4.45. The van der Waals surface area contributed by atoms with Crippen molar-refractivity contribution in [1.29, 1.82) is 0 Å². The number of methoxy groups -OCH3 is 1. The van der Waals surface area contributed by atoms with Crippen LogP contribution in [0.25, 0.3) is 0 Å². The number of carbonyl (C=O) groups is 2. The van der Waals surface area contributed by atoms with E-state index in [2.05, 4.69) is 4.74 Å². The summed E-state index contributed by atoms with van der Waals surface area (Å²) in [5.41, 5.74) is -0.163. The zero-order chi connectivity index (χ0) is 9.56. The Kier molecular flexibility index (Phi) is 4.71. The van der Waals surface area contributed by atoms with Crippen molar-refractivity contribution in [1.82, 2.24) is 0 Å². The van der Waals surface area contributed by atoms with E-state index in [4.69, 9.17) is 10.2 Å². The maximum atomic E-state index is 10.4. The van der Waals surface area contributed by atoms with Crippen LogP contribution in [0.15, 0.2) is 11.6 Å². The van der Waals surface area contributed by atoms with Crippen molar-refractivity contribution in [2.24, 2.45) is 0 Å². The van der Waals surface area contributed by atoms with Crippen LogP contribution in [0.5, 0.6) is 0 Å². The highest BCUT2D eigenvalue weighted by molar-refractivity contribution is 5.94. The van der Waals surface area contributed by atoms with Crippen LogP contribution >= 0.6 is 0 Å². The lowest BCUT2D eigenvalue weighted by Gasteiger charge is -1.98. The molecule has 0 aromatic rings. The molecule has 0 radical (unpaired) electrons. The van der Waals surface area contributed by atoms with Gasteiger partial charge in [-0.3, -0.25) is 0 Å². The van der Waals surface area contributed by atoms with E-state index in [-0.39, 0.29) is 18.6 Å². The number of aliphatic carboxylic acids is 2. The van der Waals surface area contributed by atoms with Crippen molar-refractivity contribution in [3.63, 3.8) is 0 Å². The third-order valence-electron chi connectivity index (χ3n) is 1.15. The molecule has 2 N–H and O–H groups in total. The Hall–Kier alpha value is -1.36. The van der Waals surface area contributed by atoms with E-state index in [0.29, 0.717) is 6.08 Å². The molecule has 0 aromatic carbocycles. The zero-order valence-corrected chi connectivity index (χ0v) is 6.61. The standard InChI is InChI=1S/C7H10O5/c1-12-3-2-5(7(10)11)4-6(8)9/h4H,2-3H2,1H3,(H,8,9)(H,10,11)/b5-4-. The summed E-state index contributed by atoms with van der Waals surface area (Å²) in [5.74, 6) is -2.49. The highest BCUT2D eigenvalue weighted by atomic mass is 16.5. The van der Waals surface area contributed by atoms with Gasteiger partial charge in [0.25, 0.3) is 0 Å². The maximum Gasteiger partial charge on any atom is 0.331 e. The summed E-state index contributed by atoms with van der Waals surface area (Å²) in [6.07, 6.45) is 0.763. The molecule has 0 aromatic heterocycles. The van der Waals surface area contributed by atoms with E-state index >= 15 is 0 Å². The molecule has 5 nitrogen and oxygen atoms in total. The molecule has 0 saturated heterocycles. The monoisotopic (exact) mass is 174 g/mol. The van der Waals surface area contributed by atoms with Gasteiger partial charge in [0.2, 0.25) is 0 Å². The summed E-state index contributed by atoms with van der Waals surface area (Å²) in [7, 11) is 1.42. The van der Waals surface area contributed by atoms with E-state index in [9.17, 15) is 9.59 Å². The topological polar surface area (TPSA) is 83.8 Å². The Morgan fingerprint density at radius 1 is 1.42 bits per heavy atom. The van der Waals surface area contributed by atoms with Crippen molar-refractivity contribution in [2.75, 3.05) is 13.7 Å². The molecule has 0 aliphatic heterocycles. The van der Waals surface area contributed by atoms with Gasteiger partial charge >= 0.3 is 11.9 Å². The van der Waals surface area contributed by atoms with Gasteiger partial charge in [0, 0.05) is 25.2 Å². The van der Waals surface area contributed by atoms with E-state index in [1.54, 1.807) is 0 Å². The maximum absolute atomic E-state index is 10.4. The molecule has 0 atom stereocenters. The lowest BCUT2D eigenvalue weighted by Crippen LogP contribution is -2.06. The lowest BCUT2D eigenvalue weighted by molar-refractivity contribution is -0.135. The first kappa shape index (κ1) is 10.6. The average Bonchev–Trinajstić information content (AvgIpc) is 1.96. The number of hydrogen-bond donors (Lipinski definition) is 2. The van der Waals surface area contributed by atoms with Gasteiger partial charge in [0.1, 0.15) is 0 Å². The van der Waals surface area contributed by atoms with Crippen LogP contribution in [-0.2, 0) is 14.3 Å². The van der Waals surface area contributed by atoms with E-state index < -0.39 is 11.9 Å². The minimum Gasteiger partial charge on any atom is -0.478 e. The van der Waals surface area contributed by atoms with E-state index in [1.807, 2.05) is 0 Å². The number of ether oxygens (including phenoxy) is 1. The van der Waals surface area contributed by atoms with Gasteiger partial charge in [-0.2, -0.15) is 0 Å². The Labute approximate surface area is 69.3 Å². The quantitative estimate of drug-likeness (QED) is 0.578. The summed E-state index contributed by atoms with van der Waals surface area (Å²) in [6.45, 7) is 0.200. The molecule has 0 aliphatic rings. The van der Waals surface area contributed by atoms with Crippen LogP contribution in [0.3, 0.4) is 0 Å². The van der Waals surface area contributed by atoms with Crippen LogP contribution < -0.4 is 0 Å². The van der Waals surface area contributed by atoms with Crippen LogP contribution in [-0.4, -0.2) is 35.9 Å². The molecular weight excluding hydrogens is 164 g/mol. The summed E-state index contributed by atoms with van der Waals surface area (Å²) in [6, 6.07) is 0. The van der Waals surface area contributed by atoms with Crippen molar-refractivity contribution < 1.29 is 24.5 Å². The molecule has 0 unspecified atom stereocenters. The number of carboxylic acids is 2. The molecule has 68 valence electrons. The first-order chi connectivity index (χ1) is 5.57. The Morgan fingerprint density at radius 3 is 2.33 bits per heavy atom. The number of carboxylic acid groups (broad SMARTS) is 2. The Morgan fingerprint density at radius 2 is 2.00 bits per heavy atom. The van der Waals surface area contributed by atoms with E-state index in [0.717, 1.165) is 0 Å². The highest BCUT2D eigenvalue weighted by Gasteiger charge is 2.08. The van der Waals surface area contributed by atoms with E-state index in [1.165, 1.54) is 7.11 Å². The minimum atomic E-state index is -1.26.